The van der Waals surface area contributed by atoms with E-state index in [1.54, 1.807) is 13.0 Å². The lowest BCUT2D eigenvalue weighted by molar-refractivity contribution is -0.147. The number of rotatable bonds is 5. The summed E-state index contributed by atoms with van der Waals surface area (Å²) >= 11 is 1.30. The lowest BCUT2D eigenvalue weighted by Crippen LogP contribution is -2.18. The molecule has 0 saturated heterocycles. The molecular formula is C16H15N3O4S. The van der Waals surface area contributed by atoms with Crippen LogP contribution < -0.4 is 10.3 Å². The van der Waals surface area contributed by atoms with E-state index in [9.17, 15) is 9.59 Å². The first-order valence-corrected chi connectivity index (χ1v) is 8.04. The number of fused-ring (bicyclic) bond motifs is 1. The van der Waals surface area contributed by atoms with Crippen molar-refractivity contribution < 1.29 is 14.3 Å². The second-order valence-corrected chi connectivity index (χ2v) is 6.33. The van der Waals surface area contributed by atoms with Gasteiger partial charge in [-0.05, 0) is 31.5 Å². The van der Waals surface area contributed by atoms with Gasteiger partial charge in [-0.1, -0.05) is 23.5 Å². The quantitative estimate of drug-likeness (QED) is 0.657. The maximum absolute atomic E-state index is 11.9. The fourth-order valence-electron chi connectivity index (χ4n) is 2.07. The van der Waals surface area contributed by atoms with E-state index in [4.69, 9.17) is 9.47 Å². The Morgan fingerprint density at radius 1 is 1.29 bits per heavy atom. The van der Waals surface area contributed by atoms with Crippen LogP contribution in [0, 0.1) is 13.8 Å². The van der Waals surface area contributed by atoms with Crippen LogP contribution in [0.5, 0.6) is 5.75 Å². The summed E-state index contributed by atoms with van der Waals surface area (Å²) in [4.78, 5) is 28.4. The zero-order chi connectivity index (χ0) is 17.1. The molecule has 3 aromatic rings. The number of hydrogen-bond acceptors (Lipinski definition) is 7. The predicted molar refractivity (Wildman–Crippen MR) is 88.3 cm³/mol. The summed E-state index contributed by atoms with van der Waals surface area (Å²) in [5.41, 5.74) is 1.12. The number of carbonyl (C=O) groups is 1. The first kappa shape index (κ1) is 16.1. The van der Waals surface area contributed by atoms with Gasteiger partial charge in [-0.2, -0.15) is 9.61 Å². The molecule has 0 radical (unpaired) electrons. The standard InChI is InChI=1S/C16H15N3O4S/c1-10-4-3-5-13(6-10)22-9-15(21)23-8-12-7-14(20)19-16(17-12)24-11(2)18-19/h3-7H,8-9H2,1-2H3. The second-order valence-electron chi connectivity index (χ2n) is 5.17. The van der Waals surface area contributed by atoms with Crippen molar-refractivity contribution in [2.24, 2.45) is 0 Å². The molecular weight excluding hydrogens is 330 g/mol. The largest absolute Gasteiger partial charge is 0.482 e. The van der Waals surface area contributed by atoms with Crippen LogP contribution in [0.2, 0.25) is 0 Å². The molecule has 0 unspecified atom stereocenters. The van der Waals surface area contributed by atoms with Gasteiger partial charge >= 0.3 is 5.97 Å². The molecule has 7 nitrogen and oxygen atoms in total. The third-order valence-electron chi connectivity index (χ3n) is 3.13. The number of nitrogens with zero attached hydrogens (tertiary/aromatic N) is 3. The molecule has 124 valence electrons. The van der Waals surface area contributed by atoms with Crippen LogP contribution >= 0.6 is 11.3 Å². The topological polar surface area (TPSA) is 82.8 Å². The van der Waals surface area contributed by atoms with E-state index in [2.05, 4.69) is 10.1 Å². The maximum Gasteiger partial charge on any atom is 0.344 e. The zero-order valence-electron chi connectivity index (χ0n) is 13.2. The van der Waals surface area contributed by atoms with E-state index in [1.165, 1.54) is 21.9 Å². The van der Waals surface area contributed by atoms with Gasteiger partial charge in [0.05, 0.1) is 5.69 Å². The molecule has 2 heterocycles. The van der Waals surface area contributed by atoms with E-state index in [0.29, 0.717) is 16.4 Å². The van der Waals surface area contributed by atoms with Crippen LogP contribution in [-0.2, 0) is 16.1 Å². The van der Waals surface area contributed by atoms with E-state index >= 15 is 0 Å². The number of hydrogen-bond donors (Lipinski definition) is 0. The fourth-order valence-corrected chi connectivity index (χ4v) is 2.84. The molecule has 1 aromatic carbocycles. The van der Waals surface area contributed by atoms with E-state index in [-0.39, 0.29) is 18.8 Å². The molecule has 3 rings (SSSR count). The summed E-state index contributed by atoms with van der Waals surface area (Å²) in [6.07, 6.45) is 0. The Kier molecular flexibility index (Phi) is 4.57. The summed E-state index contributed by atoms with van der Waals surface area (Å²) < 4.78 is 11.7. The summed E-state index contributed by atoms with van der Waals surface area (Å²) in [5.74, 6) is 0.0730. The Bertz CT molecular complexity index is 948. The molecule has 0 bridgehead atoms. The number of esters is 1. The molecule has 2 aromatic heterocycles. The number of carbonyl (C=O) groups excluding carboxylic acids is 1. The highest BCUT2D eigenvalue weighted by atomic mass is 32.1. The molecule has 0 N–H and O–H groups in total. The average Bonchev–Trinajstić information content (AvgIpc) is 2.92. The van der Waals surface area contributed by atoms with Gasteiger partial charge in [0.2, 0.25) is 4.96 Å². The molecule has 8 heteroatoms. The molecule has 0 fully saturated rings. The summed E-state index contributed by atoms with van der Waals surface area (Å²) in [5, 5.41) is 4.79. The van der Waals surface area contributed by atoms with Gasteiger partial charge in [-0.3, -0.25) is 4.79 Å². The van der Waals surface area contributed by atoms with Crippen LogP contribution in [0.3, 0.4) is 0 Å². The Labute approximate surface area is 141 Å². The average molecular weight is 345 g/mol. The molecule has 0 aliphatic carbocycles. The van der Waals surface area contributed by atoms with E-state index < -0.39 is 5.97 Å². The van der Waals surface area contributed by atoms with Gasteiger partial charge < -0.3 is 9.47 Å². The maximum atomic E-state index is 11.9. The zero-order valence-corrected chi connectivity index (χ0v) is 14.0. The first-order valence-electron chi connectivity index (χ1n) is 7.23. The lowest BCUT2D eigenvalue weighted by Gasteiger charge is -2.07. The van der Waals surface area contributed by atoms with Crippen molar-refractivity contribution >= 4 is 22.3 Å². The SMILES string of the molecule is Cc1cccc(OCC(=O)OCc2cc(=O)n3nc(C)sc3n2)c1. The van der Waals surface area contributed by atoms with Crippen LogP contribution in [0.25, 0.3) is 4.96 Å². The highest BCUT2D eigenvalue weighted by molar-refractivity contribution is 7.16. The van der Waals surface area contributed by atoms with E-state index in [1.807, 2.05) is 25.1 Å². The van der Waals surface area contributed by atoms with Gasteiger partial charge in [0.1, 0.15) is 17.4 Å². The van der Waals surface area contributed by atoms with Gasteiger partial charge in [-0.25, -0.2) is 9.78 Å². The lowest BCUT2D eigenvalue weighted by atomic mass is 10.2. The number of aryl methyl sites for hydroxylation is 2. The number of aromatic nitrogens is 3. The molecule has 0 saturated carbocycles. The van der Waals surface area contributed by atoms with Crippen molar-refractivity contribution in [1.82, 2.24) is 14.6 Å². The molecule has 0 atom stereocenters. The van der Waals surface area contributed by atoms with Gasteiger partial charge in [0.25, 0.3) is 5.56 Å². The third-order valence-corrected chi connectivity index (χ3v) is 3.95. The molecule has 24 heavy (non-hydrogen) atoms. The summed E-state index contributed by atoms with van der Waals surface area (Å²) in [6.45, 7) is 3.44. The Morgan fingerprint density at radius 2 is 2.12 bits per heavy atom. The van der Waals surface area contributed by atoms with E-state index in [0.717, 1.165) is 10.6 Å². The molecule has 0 aliphatic heterocycles. The minimum absolute atomic E-state index is 0.0846. The van der Waals surface area contributed by atoms with Crippen molar-refractivity contribution in [3.8, 4) is 5.75 Å². The third kappa shape index (κ3) is 3.77. The van der Waals surface area contributed by atoms with Crippen LogP contribution in [0.15, 0.2) is 35.1 Å². The van der Waals surface area contributed by atoms with Crippen LogP contribution in [-0.4, -0.2) is 27.2 Å². The fraction of sp³-hybridized carbons (Fsp3) is 0.250. The predicted octanol–water partition coefficient (Wildman–Crippen LogP) is 1.89. The minimum atomic E-state index is -0.529. The summed E-state index contributed by atoms with van der Waals surface area (Å²) in [7, 11) is 0. The van der Waals surface area contributed by atoms with Crippen molar-refractivity contribution in [1.29, 1.82) is 0 Å². The normalized spacial score (nSPS) is 10.8. The van der Waals surface area contributed by atoms with Crippen molar-refractivity contribution in [2.45, 2.75) is 20.5 Å². The highest BCUT2D eigenvalue weighted by Crippen LogP contribution is 2.12. The van der Waals surface area contributed by atoms with Gasteiger partial charge in [0, 0.05) is 6.07 Å². The van der Waals surface area contributed by atoms with Crippen molar-refractivity contribution in [3.63, 3.8) is 0 Å². The monoisotopic (exact) mass is 345 g/mol. The minimum Gasteiger partial charge on any atom is -0.482 e. The Balaban J connectivity index is 1.59. The van der Waals surface area contributed by atoms with Crippen molar-refractivity contribution in [3.05, 3.63) is 57.0 Å². The van der Waals surface area contributed by atoms with Crippen LogP contribution in [0.4, 0.5) is 0 Å². The molecule has 0 amide bonds. The number of ether oxygens (including phenoxy) is 2. The summed E-state index contributed by atoms with van der Waals surface area (Å²) in [6, 6.07) is 8.69. The Morgan fingerprint density at radius 3 is 2.92 bits per heavy atom. The van der Waals surface area contributed by atoms with Gasteiger partial charge in [0.15, 0.2) is 6.61 Å². The second kappa shape index (κ2) is 6.79. The molecule has 0 spiro atoms. The first-order chi connectivity index (χ1) is 11.5. The molecule has 0 aliphatic rings. The van der Waals surface area contributed by atoms with Crippen LogP contribution in [0.1, 0.15) is 16.3 Å². The Hall–Kier alpha value is -2.74. The highest BCUT2D eigenvalue weighted by Gasteiger charge is 2.10. The smallest absolute Gasteiger partial charge is 0.344 e. The number of benzene rings is 1. The van der Waals surface area contributed by atoms with Crippen molar-refractivity contribution in [2.75, 3.05) is 6.61 Å². The van der Waals surface area contributed by atoms with Gasteiger partial charge in [-0.15, -0.1) is 0 Å².